The van der Waals surface area contributed by atoms with E-state index in [4.69, 9.17) is 9.47 Å². The maximum absolute atomic E-state index is 10.5. The van der Waals surface area contributed by atoms with Gasteiger partial charge in [-0.3, -0.25) is 0 Å². The molecular weight excluding hydrogens is 516 g/mol. The highest BCUT2D eigenvalue weighted by atomic mass is 16.7. The number of aliphatic hydroxyl groups excluding tert-OH is 4. The third kappa shape index (κ3) is 5.73. The summed E-state index contributed by atoms with van der Waals surface area (Å²) < 4.78 is 11.9. The standard InChI is InChI=1S/C35H60O6/c1-7-22(20(2)3)9-8-21(4)26-12-13-27-25-11-10-23-18-24(14-16-34(23,5)28(25)15-17-35(26,27)6)40-33-32(39)31(38)30(37)29(19-36)41-33/h10,20-22,24-33,36-39H,7-9,11-19H2,1-6H3/t21-,22+,24-,25-,26-,27+,28-,29+,30+,31-,32+,33+,34-,35+/m0/s1. The Hall–Kier alpha value is -0.500. The van der Waals surface area contributed by atoms with Gasteiger partial charge in [0.1, 0.15) is 24.4 Å². The van der Waals surface area contributed by atoms with E-state index in [9.17, 15) is 20.4 Å². The summed E-state index contributed by atoms with van der Waals surface area (Å²) in [6, 6.07) is 0. The summed E-state index contributed by atoms with van der Waals surface area (Å²) in [7, 11) is 0. The van der Waals surface area contributed by atoms with Gasteiger partial charge in [0.25, 0.3) is 0 Å². The van der Waals surface area contributed by atoms with Gasteiger partial charge < -0.3 is 29.9 Å². The van der Waals surface area contributed by atoms with Crippen LogP contribution in [0.2, 0.25) is 0 Å². The molecule has 4 N–H and O–H groups in total. The van der Waals surface area contributed by atoms with Crippen LogP contribution in [-0.2, 0) is 9.47 Å². The number of allylic oxidation sites excluding steroid dienone is 1. The highest BCUT2D eigenvalue weighted by Gasteiger charge is 2.59. The molecule has 1 heterocycles. The van der Waals surface area contributed by atoms with Gasteiger partial charge in [0.15, 0.2) is 6.29 Å². The zero-order valence-electron chi connectivity index (χ0n) is 26.7. The van der Waals surface area contributed by atoms with Gasteiger partial charge in [-0.25, -0.2) is 0 Å². The van der Waals surface area contributed by atoms with Crippen molar-refractivity contribution >= 4 is 0 Å². The Morgan fingerprint density at radius 3 is 2.39 bits per heavy atom. The topological polar surface area (TPSA) is 99.4 Å². The molecule has 236 valence electrons. The van der Waals surface area contributed by atoms with E-state index in [0.717, 1.165) is 60.7 Å². The Bertz CT molecular complexity index is 918. The fraction of sp³-hybridized carbons (Fsp3) is 0.943. The van der Waals surface area contributed by atoms with Crippen molar-refractivity contribution in [1.29, 1.82) is 0 Å². The van der Waals surface area contributed by atoms with Gasteiger partial charge in [-0.05, 0) is 110 Å². The molecule has 41 heavy (non-hydrogen) atoms. The molecule has 0 aromatic carbocycles. The lowest BCUT2D eigenvalue weighted by Gasteiger charge is -2.58. The number of ether oxygens (including phenoxy) is 2. The minimum absolute atomic E-state index is 0.101. The molecule has 0 unspecified atom stereocenters. The van der Waals surface area contributed by atoms with Crippen molar-refractivity contribution in [3.05, 3.63) is 11.6 Å². The maximum Gasteiger partial charge on any atom is 0.186 e. The Morgan fingerprint density at radius 1 is 0.951 bits per heavy atom. The zero-order chi connectivity index (χ0) is 29.7. The zero-order valence-corrected chi connectivity index (χ0v) is 26.7. The monoisotopic (exact) mass is 576 g/mol. The molecule has 1 saturated heterocycles. The molecule has 0 spiro atoms. The molecule has 5 rings (SSSR count). The molecule has 3 saturated carbocycles. The van der Waals surface area contributed by atoms with E-state index in [1.54, 1.807) is 0 Å². The number of rotatable bonds is 9. The highest BCUT2D eigenvalue weighted by molar-refractivity contribution is 5.25. The lowest BCUT2D eigenvalue weighted by atomic mass is 9.47. The number of hydrogen-bond donors (Lipinski definition) is 4. The fourth-order valence-corrected chi connectivity index (χ4v) is 10.8. The first-order valence-electron chi connectivity index (χ1n) is 17.1. The molecule has 14 atom stereocenters. The molecule has 4 aliphatic carbocycles. The number of aliphatic hydroxyl groups is 4. The highest BCUT2D eigenvalue weighted by Crippen LogP contribution is 2.67. The molecule has 0 radical (unpaired) electrons. The summed E-state index contributed by atoms with van der Waals surface area (Å²) in [5, 5.41) is 40.4. The smallest absolute Gasteiger partial charge is 0.186 e. The van der Waals surface area contributed by atoms with Crippen LogP contribution < -0.4 is 0 Å². The molecule has 6 heteroatoms. The molecule has 0 aromatic heterocycles. The summed E-state index contributed by atoms with van der Waals surface area (Å²) >= 11 is 0. The van der Waals surface area contributed by atoms with E-state index in [1.165, 1.54) is 56.9 Å². The van der Waals surface area contributed by atoms with E-state index in [1.807, 2.05) is 0 Å². The van der Waals surface area contributed by atoms with Crippen LogP contribution in [-0.4, -0.2) is 63.8 Å². The minimum Gasteiger partial charge on any atom is -0.394 e. The predicted molar refractivity (Wildman–Crippen MR) is 161 cm³/mol. The van der Waals surface area contributed by atoms with Crippen LogP contribution in [0.5, 0.6) is 0 Å². The van der Waals surface area contributed by atoms with Crippen molar-refractivity contribution in [2.24, 2.45) is 52.3 Å². The largest absolute Gasteiger partial charge is 0.394 e. The first kappa shape index (κ1) is 31.9. The molecule has 4 fully saturated rings. The van der Waals surface area contributed by atoms with Crippen LogP contribution in [0.1, 0.15) is 112 Å². The van der Waals surface area contributed by atoms with Crippen LogP contribution in [0.15, 0.2) is 11.6 Å². The van der Waals surface area contributed by atoms with Gasteiger partial charge in [-0.15, -0.1) is 0 Å². The Morgan fingerprint density at radius 2 is 1.71 bits per heavy atom. The van der Waals surface area contributed by atoms with Gasteiger partial charge in [0, 0.05) is 0 Å². The maximum atomic E-state index is 10.5. The van der Waals surface area contributed by atoms with Crippen LogP contribution in [0.25, 0.3) is 0 Å². The van der Waals surface area contributed by atoms with E-state index < -0.39 is 37.3 Å². The molecule has 0 bridgehead atoms. The average molecular weight is 577 g/mol. The van der Waals surface area contributed by atoms with Crippen LogP contribution in [0.4, 0.5) is 0 Å². The third-order valence-corrected chi connectivity index (χ3v) is 13.5. The molecule has 0 amide bonds. The van der Waals surface area contributed by atoms with Crippen molar-refractivity contribution in [2.75, 3.05) is 6.61 Å². The van der Waals surface area contributed by atoms with Crippen molar-refractivity contribution in [1.82, 2.24) is 0 Å². The van der Waals surface area contributed by atoms with Gasteiger partial charge in [0.05, 0.1) is 12.7 Å². The summed E-state index contributed by atoms with van der Waals surface area (Å²) in [5.74, 6) is 5.66. The summed E-state index contributed by atoms with van der Waals surface area (Å²) in [6.45, 7) is 14.5. The number of fused-ring (bicyclic) bond motifs is 5. The normalized spacial score (nSPS) is 47.7. The summed E-state index contributed by atoms with van der Waals surface area (Å²) in [6.07, 6.45) is 9.92. The van der Waals surface area contributed by atoms with Crippen molar-refractivity contribution < 1.29 is 29.9 Å². The SMILES string of the molecule is CC[C@H](CC[C@H](C)[C@@H]1CC[C@@H]2[C@@H]3CC=C4C[C@@H](O[C@@H]5O[C@H](CO)[C@@H](O)[C@H](O)[C@H]5O)CC[C@]4(C)[C@H]3CC[C@@]21C)C(C)C. The number of hydrogen-bond acceptors (Lipinski definition) is 6. The van der Waals surface area contributed by atoms with Crippen LogP contribution >= 0.6 is 0 Å². The average Bonchev–Trinajstić information content (AvgIpc) is 3.30. The second-order valence-electron chi connectivity index (χ2n) is 15.7. The van der Waals surface area contributed by atoms with E-state index in [2.05, 4.69) is 47.6 Å². The van der Waals surface area contributed by atoms with Crippen LogP contribution in [0.3, 0.4) is 0 Å². The molecule has 5 aliphatic rings. The Labute approximate surface area is 249 Å². The second kappa shape index (κ2) is 12.5. The lowest BCUT2D eigenvalue weighted by molar-refractivity contribution is -0.313. The van der Waals surface area contributed by atoms with E-state index >= 15 is 0 Å². The quantitative estimate of drug-likeness (QED) is 0.257. The van der Waals surface area contributed by atoms with E-state index in [-0.39, 0.29) is 11.5 Å². The van der Waals surface area contributed by atoms with Gasteiger partial charge in [-0.1, -0.05) is 66.0 Å². The van der Waals surface area contributed by atoms with E-state index in [0.29, 0.717) is 5.41 Å². The first-order chi connectivity index (χ1) is 19.4. The first-order valence-corrected chi connectivity index (χ1v) is 17.1. The second-order valence-corrected chi connectivity index (χ2v) is 15.7. The molecule has 6 nitrogen and oxygen atoms in total. The lowest BCUT2D eigenvalue weighted by Crippen LogP contribution is -2.60. The van der Waals surface area contributed by atoms with Gasteiger partial charge in [-0.2, -0.15) is 0 Å². The van der Waals surface area contributed by atoms with Crippen LogP contribution in [0, 0.1) is 52.3 Å². The Kier molecular flexibility index (Phi) is 9.71. The van der Waals surface area contributed by atoms with Crippen molar-refractivity contribution in [2.45, 2.75) is 149 Å². The predicted octanol–water partition coefficient (Wildman–Crippen LogP) is 5.85. The molecule has 0 aromatic rings. The van der Waals surface area contributed by atoms with Gasteiger partial charge >= 0.3 is 0 Å². The fourth-order valence-electron chi connectivity index (χ4n) is 10.8. The van der Waals surface area contributed by atoms with Crippen molar-refractivity contribution in [3.63, 3.8) is 0 Å². The molecular formula is C35H60O6. The minimum atomic E-state index is -1.40. The summed E-state index contributed by atoms with van der Waals surface area (Å²) in [5.41, 5.74) is 2.19. The molecule has 1 aliphatic heterocycles. The van der Waals surface area contributed by atoms with Gasteiger partial charge in [0.2, 0.25) is 0 Å². The summed E-state index contributed by atoms with van der Waals surface area (Å²) in [4.78, 5) is 0. The third-order valence-electron chi connectivity index (χ3n) is 13.5. The Balaban J connectivity index is 1.24. The van der Waals surface area contributed by atoms with Crippen molar-refractivity contribution in [3.8, 4) is 0 Å².